The number of hydrogen-bond donors (Lipinski definition) is 1. The van der Waals surface area contributed by atoms with Gasteiger partial charge in [0.2, 0.25) is 0 Å². The van der Waals surface area contributed by atoms with E-state index in [1.165, 1.54) is 42.4 Å². The third-order valence-electron chi connectivity index (χ3n) is 4.11. The maximum absolute atomic E-state index is 5.34. The highest BCUT2D eigenvalue weighted by Gasteiger charge is 2.20. The second-order valence-electron chi connectivity index (χ2n) is 5.90. The quantitative estimate of drug-likeness (QED) is 0.756. The highest BCUT2D eigenvalue weighted by Crippen LogP contribution is 2.25. The van der Waals surface area contributed by atoms with Crippen molar-refractivity contribution in [2.45, 2.75) is 32.7 Å². The Morgan fingerprint density at radius 1 is 1.43 bits per heavy atom. The zero-order valence-electron chi connectivity index (χ0n) is 13.2. The fourth-order valence-electron chi connectivity index (χ4n) is 2.98. The standard InChI is InChI=1S/C17H27BrN2O/c1-3-8-19-11-14-5-4-9-20(12-14)13-15-10-16(21-2)6-7-17(15)18/h6-7,10,14,19H,3-5,8-9,11-13H2,1-2H3. The van der Waals surface area contributed by atoms with E-state index in [2.05, 4.69) is 45.2 Å². The summed E-state index contributed by atoms with van der Waals surface area (Å²) in [6.45, 7) is 7.92. The fraction of sp³-hybridized carbons (Fsp3) is 0.647. The van der Waals surface area contributed by atoms with Crippen molar-refractivity contribution >= 4 is 15.9 Å². The van der Waals surface area contributed by atoms with Crippen molar-refractivity contribution in [3.05, 3.63) is 28.2 Å². The highest BCUT2D eigenvalue weighted by molar-refractivity contribution is 9.10. The van der Waals surface area contributed by atoms with Gasteiger partial charge in [-0.15, -0.1) is 0 Å². The Hall–Kier alpha value is -0.580. The Morgan fingerprint density at radius 2 is 2.29 bits per heavy atom. The molecule has 1 aromatic rings. The van der Waals surface area contributed by atoms with Gasteiger partial charge in [0, 0.05) is 17.6 Å². The van der Waals surface area contributed by atoms with E-state index in [9.17, 15) is 0 Å². The molecule has 1 aliphatic heterocycles. The molecule has 3 nitrogen and oxygen atoms in total. The first kappa shape index (κ1) is 16.8. The van der Waals surface area contributed by atoms with Gasteiger partial charge in [-0.2, -0.15) is 0 Å². The van der Waals surface area contributed by atoms with Gasteiger partial charge in [-0.3, -0.25) is 4.90 Å². The molecule has 0 spiro atoms. The summed E-state index contributed by atoms with van der Waals surface area (Å²) < 4.78 is 6.51. The number of piperidine rings is 1. The van der Waals surface area contributed by atoms with Crippen molar-refractivity contribution in [3.63, 3.8) is 0 Å². The second kappa shape index (κ2) is 8.76. The third-order valence-corrected chi connectivity index (χ3v) is 4.88. The van der Waals surface area contributed by atoms with Gasteiger partial charge in [-0.1, -0.05) is 22.9 Å². The molecule has 1 aromatic carbocycles. The summed E-state index contributed by atoms with van der Waals surface area (Å²) in [7, 11) is 1.73. The summed E-state index contributed by atoms with van der Waals surface area (Å²) in [5.41, 5.74) is 1.32. The number of halogens is 1. The number of likely N-dealkylation sites (tertiary alicyclic amines) is 1. The molecule has 0 aromatic heterocycles. The number of ether oxygens (including phenoxy) is 1. The van der Waals surface area contributed by atoms with Crippen LogP contribution in [0.2, 0.25) is 0 Å². The minimum atomic E-state index is 0.787. The normalized spacial score (nSPS) is 19.7. The average molecular weight is 355 g/mol. The molecule has 1 heterocycles. The number of benzene rings is 1. The largest absolute Gasteiger partial charge is 0.497 e. The molecule has 0 aliphatic carbocycles. The monoisotopic (exact) mass is 354 g/mol. The maximum atomic E-state index is 5.34. The van der Waals surface area contributed by atoms with E-state index in [0.717, 1.165) is 31.3 Å². The molecule has 21 heavy (non-hydrogen) atoms. The summed E-state index contributed by atoms with van der Waals surface area (Å²) in [5, 5.41) is 3.56. The zero-order chi connectivity index (χ0) is 15.1. The van der Waals surface area contributed by atoms with Gasteiger partial charge >= 0.3 is 0 Å². The molecular formula is C17H27BrN2O. The van der Waals surface area contributed by atoms with E-state index < -0.39 is 0 Å². The molecule has 1 unspecified atom stereocenters. The van der Waals surface area contributed by atoms with Crippen LogP contribution >= 0.6 is 15.9 Å². The van der Waals surface area contributed by atoms with E-state index in [0.29, 0.717) is 0 Å². The van der Waals surface area contributed by atoms with Crippen molar-refractivity contribution in [3.8, 4) is 5.75 Å². The van der Waals surface area contributed by atoms with Crippen molar-refractivity contribution in [1.82, 2.24) is 10.2 Å². The predicted octanol–water partition coefficient (Wildman–Crippen LogP) is 3.67. The lowest BCUT2D eigenvalue weighted by atomic mass is 9.97. The predicted molar refractivity (Wildman–Crippen MR) is 91.9 cm³/mol. The SMILES string of the molecule is CCCNCC1CCCN(Cc2cc(OC)ccc2Br)C1. The van der Waals surface area contributed by atoms with E-state index in [1.807, 2.05) is 6.07 Å². The van der Waals surface area contributed by atoms with Crippen LogP contribution in [0.5, 0.6) is 5.75 Å². The maximum Gasteiger partial charge on any atom is 0.119 e. The van der Waals surface area contributed by atoms with E-state index >= 15 is 0 Å². The molecule has 1 aliphatic rings. The van der Waals surface area contributed by atoms with Gasteiger partial charge in [-0.05, 0) is 68.6 Å². The lowest BCUT2D eigenvalue weighted by Crippen LogP contribution is -2.39. The summed E-state index contributed by atoms with van der Waals surface area (Å²) in [5.74, 6) is 1.72. The zero-order valence-corrected chi connectivity index (χ0v) is 14.8. The van der Waals surface area contributed by atoms with Crippen LogP contribution in [0.3, 0.4) is 0 Å². The van der Waals surface area contributed by atoms with Gasteiger partial charge in [0.1, 0.15) is 5.75 Å². The van der Waals surface area contributed by atoms with Gasteiger partial charge in [-0.25, -0.2) is 0 Å². The summed E-state index contributed by atoms with van der Waals surface area (Å²) in [6, 6.07) is 6.22. The van der Waals surface area contributed by atoms with Crippen molar-refractivity contribution in [2.24, 2.45) is 5.92 Å². The van der Waals surface area contributed by atoms with Crippen LogP contribution < -0.4 is 10.1 Å². The Bertz CT molecular complexity index is 439. The van der Waals surface area contributed by atoms with Gasteiger partial charge in [0.15, 0.2) is 0 Å². The minimum Gasteiger partial charge on any atom is -0.497 e. The molecule has 0 amide bonds. The van der Waals surface area contributed by atoms with Crippen molar-refractivity contribution in [2.75, 3.05) is 33.3 Å². The molecule has 1 N–H and O–H groups in total. The second-order valence-corrected chi connectivity index (χ2v) is 6.76. The minimum absolute atomic E-state index is 0.787. The Labute approximate surface area is 137 Å². The van der Waals surface area contributed by atoms with E-state index in [-0.39, 0.29) is 0 Å². The molecular weight excluding hydrogens is 328 g/mol. The molecule has 118 valence electrons. The van der Waals surface area contributed by atoms with Crippen LogP contribution in [0.25, 0.3) is 0 Å². The number of nitrogens with zero attached hydrogens (tertiary/aromatic N) is 1. The molecule has 0 bridgehead atoms. The fourth-order valence-corrected chi connectivity index (χ4v) is 3.36. The smallest absolute Gasteiger partial charge is 0.119 e. The topological polar surface area (TPSA) is 24.5 Å². The Kier molecular flexibility index (Phi) is 7.00. The van der Waals surface area contributed by atoms with Crippen LogP contribution in [-0.2, 0) is 6.54 Å². The number of methoxy groups -OCH3 is 1. The molecule has 1 saturated heterocycles. The van der Waals surface area contributed by atoms with Crippen LogP contribution in [0.15, 0.2) is 22.7 Å². The van der Waals surface area contributed by atoms with Crippen molar-refractivity contribution < 1.29 is 4.74 Å². The summed E-state index contributed by atoms with van der Waals surface area (Å²) >= 11 is 3.66. The van der Waals surface area contributed by atoms with Gasteiger partial charge < -0.3 is 10.1 Å². The van der Waals surface area contributed by atoms with Crippen LogP contribution in [0.4, 0.5) is 0 Å². The van der Waals surface area contributed by atoms with Crippen LogP contribution in [-0.4, -0.2) is 38.2 Å². The lowest BCUT2D eigenvalue weighted by molar-refractivity contribution is 0.165. The van der Waals surface area contributed by atoms with E-state index in [1.54, 1.807) is 7.11 Å². The molecule has 0 saturated carbocycles. The first-order valence-corrected chi connectivity index (χ1v) is 8.77. The first-order valence-electron chi connectivity index (χ1n) is 7.98. The molecule has 2 rings (SSSR count). The summed E-state index contributed by atoms with van der Waals surface area (Å²) in [4.78, 5) is 2.57. The Morgan fingerprint density at radius 3 is 3.05 bits per heavy atom. The molecule has 0 radical (unpaired) electrons. The van der Waals surface area contributed by atoms with Gasteiger partial charge in [0.05, 0.1) is 7.11 Å². The number of rotatable bonds is 7. The number of nitrogens with one attached hydrogen (secondary N) is 1. The van der Waals surface area contributed by atoms with Crippen molar-refractivity contribution in [1.29, 1.82) is 0 Å². The molecule has 1 atom stereocenters. The third kappa shape index (κ3) is 5.28. The molecule has 1 fully saturated rings. The number of hydrogen-bond acceptors (Lipinski definition) is 3. The highest BCUT2D eigenvalue weighted by atomic mass is 79.9. The molecule has 4 heteroatoms. The summed E-state index contributed by atoms with van der Waals surface area (Å²) in [6.07, 6.45) is 3.87. The van der Waals surface area contributed by atoms with Crippen LogP contribution in [0.1, 0.15) is 31.7 Å². The van der Waals surface area contributed by atoms with E-state index in [4.69, 9.17) is 4.74 Å². The van der Waals surface area contributed by atoms with Gasteiger partial charge in [0.25, 0.3) is 0 Å². The Balaban J connectivity index is 1.90. The average Bonchev–Trinajstić information content (AvgIpc) is 2.50. The first-order chi connectivity index (χ1) is 10.2. The lowest BCUT2D eigenvalue weighted by Gasteiger charge is -2.33. The van der Waals surface area contributed by atoms with Crippen LogP contribution in [0, 0.1) is 5.92 Å².